The van der Waals surface area contributed by atoms with Crippen molar-refractivity contribution in [1.29, 1.82) is 0 Å². The molecule has 6 nitrogen and oxygen atoms in total. The van der Waals surface area contributed by atoms with Crippen molar-refractivity contribution in [2.75, 3.05) is 5.32 Å². The molecule has 1 saturated carbocycles. The van der Waals surface area contributed by atoms with Gasteiger partial charge in [-0.2, -0.15) is 0 Å². The van der Waals surface area contributed by atoms with Crippen LogP contribution >= 0.6 is 11.3 Å². The van der Waals surface area contributed by atoms with E-state index >= 15 is 0 Å². The highest BCUT2D eigenvalue weighted by Crippen LogP contribution is 2.45. The number of aromatic nitrogens is 4. The van der Waals surface area contributed by atoms with Crippen LogP contribution in [0.2, 0.25) is 0 Å². The van der Waals surface area contributed by atoms with Gasteiger partial charge in [-0.1, -0.05) is 36.4 Å². The van der Waals surface area contributed by atoms with E-state index in [0.29, 0.717) is 0 Å². The van der Waals surface area contributed by atoms with Gasteiger partial charge in [0, 0.05) is 34.4 Å². The third-order valence-electron chi connectivity index (χ3n) is 6.94. The number of pyridine rings is 1. The number of hydrogen-bond acceptors (Lipinski definition) is 6. The van der Waals surface area contributed by atoms with Crippen LogP contribution in [0.5, 0.6) is 0 Å². The summed E-state index contributed by atoms with van der Waals surface area (Å²) in [6.45, 7) is 0. The lowest BCUT2D eigenvalue weighted by Crippen LogP contribution is -2.43. The normalized spacial score (nSPS) is 15.3. The summed E-state index contributed by atoms with van der Waals surface area (Å²) in [6.07, 6.45) is 6.92. The highest BCUT2D eigenvalue weighted by atomic mass is 32.1. The first kappa shape index (κ1) is 19.6. The van der Waals surface area contributed by atoms with E-state index in [1.165, 1.54) is 12.0 Å². The maximum Gasteiger partial charge on any atom is 0.154 e. The van der Waals surface area contributed by atoms with E-state index in [4.69, 9.17) is 10.7 Å². The molecule has 4 heterocycles. The molecule has 3 N–H and O–H groups in total. The number of thiazole rings is 1. The zero-order chi connectivity index (χ0) is 22.7. The predicted molar refractivity (Wildman–Crippen MR) is 136 cm³/mol. The molecule has 1 aliphatic carbocycles. The molecule has 1 fully saturated rings. The lowest BCUT2D eigenvalue weighted by atomic mass is 9.72. The molecule has 2 aromatic carbocycles. The highest BCUT2D eigenvalue weighted by Gasteiger charge is 2.34. The zero-order valence-corrected chi connectivity index (χ0v) is 19.2. The molecular weight excluding hydrogens is 440 g/mol. The molecule has 34 heavy (non-hydrogen) atoms. The summed E-state index contributed by atoms with van der Waals surface area (Å²) in [5, 5.41) is 6.40. The molecule has 7 rings (SSSR count). The lowest BCUT2D eigenvalue weighted by molar-refractivity contribution is 0.253. The lowest BCUT2D eigenvalue weighted by Gasteiger charge is -2.38. The van der Waals surface area contributed by atoms with Gasteiger partial charge in [0.05, 0.1) is 17.1 Å². The van der Waals surface area contributed by atoms with Crippen molar-refractivity contribution < 1.29 is 0 Å². The topological polar surface area (TPSA) is 81.7 Å². The Morgan fingerprint density at radius 2 is 1.79 bits per heavy atom. The Bertz CT molecular complexity index is 1510. The first-order valence-corrected chi connectivity index (χ1v) is 12.3. The molecule has 0 atom stereocenters. The first-order valence-electron chi connectivity index (χ1n) is 11.5. The summed E-state index contributed by atoms with van der Waals surface area (Å²) >= 11 is 1.60. The number of para-hydroxylation sites is 1. The van der Waals surface area contributed by atoms with Gasteiger partial charge in [-0.3, -0.25) is 4.57 Å². The average Bonchev–Trinajstić information content (AvgIpc) is 3.49. The molecule has 0 spiro atoms. The van der Waals surface area contributed by atoms with E-state index in [1.807, 2.05) is 36.0 Å². The van der Waals surface area contributed by atoms with Crippen molar-refractivity contribution in [2.24, 2.45) is 5.73 Å². The Morgan fingerprint density at radius 1 is 0.941 bits per heavy atom. The third-order valence-corrected chi connectivity index (χ3v) is 7.72. The summed E-state index contributed by atoms with van der Waals surface area (Å²) < 4.78 is 2.22. The molecule has 1 aliphatic heterocycles. The molecule has 3 aromatic heterocycles. The number of nitrogens with one attached hydrogen (secondary N) is 1. The van der Waals surface area contributed by atoms with Gasteiger partial charge >= 0.3 is 0 Å². The second-order valence-corrected chi connectivity index (χ2v) is 9.83. The third kappa shape index (κ3) is 2.87. The quantitative estimate of drug-likeness (QED) is 0.331. The van der Waals surface area contributed by atoms with Gasteiger partial charge in [0.25, 0.3) is 0 Å². The zero-order valence-electron chi connectivity index (χ0n) is 18.4. The maximum atomic E-state index is 6.61. The van der Waals surface area contributed by atoms with Crippen molar-refractivity contribution in [3.05, 3.63) is 84.0 Å². The van der Waals surface area contributed by atoms with Crippen LogP contribution in [0.1, 0.15) is 24.8 Å². The van der Waals surface area contributed by atoms with E-state index in [-0.39, 0.29) is 5.54 Å². The number of hydrogen-bond donors (Lipinski definition) is 2. The van der Waals surface area contributed by atoms with E-state index in [2.05, 4.69) is 62.3 Å². The fourth-order valence-electron chi connectivity index (χ4n) is 4.99. The maximum absolute atomic E-state index is 6.61. The second-order valence-electron chi connectivity index (χ2n) is 8.93. The Balaban J connectivity index is 1.53. The monoisotopic (exact) mass is 462 g/mol. The molecule has 0 saturated heterocycles. The minimum atomic E-state index is -0.190. The summed E-state index contributed by atoms with van der Waals surface area (Å²) in [6, 6.07) is 21.0. The van der Waals surface area contributed by atoms with Gasteiger partial charge < -0.3 is 11.1 Å². The Hall–Kier alpha value is -3.81. The van der Waals surface area contributed by atoms with Gasteiger partial charge in [0.1, 0.15) is 16.5 Å². The largest absolute Gasteiger partial charge is 0.338 e. The fraction of sp³-hybridized carbons (Fsp3) is 0.148. The predicted octanol–water partition coefficient (Wildman–Crippen LogP) is 6.12. The van der Waals surface area contributed by atoms with Crippen molar-refractivity contribution in [1.82, 2.24) is 19.5 Å². The SMILES string of the molecule is NC1(c2ccc(-c3c(-c4nccs4)nc4n3-c3cccnc3Nc3ccccc3-4)cc2)CCC1. The number of nitrogens with two attached hydrogens (primary N) is 1. The van der Waals surface area contributed by atoms with E-state index in [0.717, 1.165) is 63.4 Å². The second kappa shape index (κ2) is 7.35. The molecule has 5 aromatic rings. The molecule has 2 aliphatic rings. The first-order chi connectivity index (χ1) is 16.7. The van der Waals surface area contributed by atoms with Gasteiger partial charge in [-0.25, -0.2) is 15.0 Å². The van der Waals surface area contributed by atoms with Crippen LogP contribution in [0.25, 0.3) is 39.0 Å². The van der Waals surface area contributed by atoms with Crippen LogP contribution in [-0.2, 0) is 5.54 Å². The molecular formula is C27H22N6S. The average molecular weight is 463 g/mol. The highest BCUT2D eigenvalue weighted by molar-refractivity contribution is 7.13. The minimum Gasteiger partial charge on any atom is -0.338 e. The standard InChI is InChI=1S/C27H22N6S/c28-27(12-4-13-27)18-10-8-17(9-11-18)23-22(26-30-15-16-34-26)32-25-19-5-1-2-6-20(19)31-24-21(33(23)25)7-3-14-29-24/h1-3,5-11,14-16H,4,12-13,28H2,(H,29,31). The van der Waals surface area contributed by atoms with Crippen LogP contribution in [0.4, 0.5) is 11.5 Å². The summed E-state index contributed by atoms with van der Waals surface area (Å²) in [4.78, 5) is 14.5. The van der Waals surface area contributed by atoms with Crippen LogP contribution < -0.4 is 11.1 Å². The molecule has 0 radical (unpaired) electrons. The molecule has 0 unspecified atom stereocenters. The Labute approximate surface area is 201 Å². The van der Waals surface area contributed by atoms with Crippen LogP contribution in [0.3, 0.4) is 0 Å². The van der Waals surface area contributed by atoms with Crippen molar-refractivity contribution >= 4 is 22.8 Å². The van der Waals surface area contributed by atoms with Crippen molar-refractivity contribution in [3.8, 4) is 39.0 Å². The molecule has 0 amide bonds. The minimum absolute atomic E-state index is 0.190. The van der Waals surface area contributed by atoms with E-state index < -0.39 is 0 Å². The number of imidazole rings is 1. The number of nitrogens with zero attached hydrogens (tertiary/aromatic N) is 4. The number of anilines is 2. The van der Waals surface area contributed by atoms with Gasteiger partial charge in [0.15, 0.2) is 5.82 Å². The van der Waals surface area contributed by atoms with Crippen molar-refractivity contribution in [3.63, 3.8) is 0 Å². The molecule has 166 valence electrons. The number of fused-ring (bicyclic) bond motifs is 5. The van der Waals surface area contributed by atoms with E-state index in [9.17, 15) is 0 Å². The number of benzene rings is 2. The Morgan fingerprint density at radius 3 is 2.56 bits per heavy atom. The summed E-state index contributed by atoms with van der Waals surface area (Å²) in [5.41, 5.74) is 13.5. The summed E-state index contributed by atoms with van der Waals surface area (Å²) in [7, 11) is 0. The molecule has 0 bridgehead atoms. The fourth-order valence-corrected chi connectivity index (χ4v) is 5.61. The van der Waals surface area contributed by atoms with E-state index in [1.54, 1.807) is 11.3 Å². The summed E-state index contributed by atoms with van der Waals surface area (Å²) in [5.74, 6) is 1.67. The molecule has 7 heteroatoms. The number of rotatable bonds is 3. The van der Waals surface area contributed by atoms with Crippen molar-refractivity contribution in [2.45, 2.75) is 24.8 Å². The van der Waals surface area contributed by atoms with Gasteiger partial charge in [-0.15, -0.1) is 11.3 Å². The van der Waals surface area contributed by atoms with Crippen LogP contribution in [0, 0.1) is 0 Å². The van der Waals surface area contributed by atoms with Crippen LogP contribution in [0.15, 0.2) is 78.4 Å². The van der Waals surface area contributed by atoms with Gasteiger partial charge in [0.2, 0.25) is 0 Å². The van der Waals surface area contributed by atoms with Crippen LogP contribution in [-0.4, -0.2) is 19.5 Å². The Kier molecular flexibility index (Phi) is 4.24. The smallest absolute Gasteiger partial charge is 0.154 e. The van der Waals surface area contributed by atoms with Gasteiger partial charge in [-0.05, 0) is 49.1 Å².